The molecule has 0 aliphatic rings. The van der Waals surface area contributed by atoms with Crippen LogP contribution in [-0.4, -0.2) is 9.97 Å². The van der Waals surface area contributed by atoms with Crippen molar-refractivity contribution >= 4 is 22.6 Å². The first-order chi connectivity index (χ1) is 11.3. The van der Waals surface area contributed by atoms with Crippen LogP contribution >= 0.6 is 0 Å². The molecule has 0 bridgehead atoms. The van der Waals surface area contributed by atoms with E-state index in [0.29, 0.717) is 16.5 Å². The van der Waals surface area contributed by atoms with Gasteiger partial charge in [-0.2, -0.15) is 5.26 Å². The number of nitrogens with zero attached hydrogens (tertiary/aromatic N) is 2. The highest BCUT2D eigenvalue weighted by Crippen LogP contribution is 2.12. The quantitative estimate of drug-likeness (QED) is 0.594. The molecule has 0 radical (unpaired) electrons. The van der Waals surface area contributed by atoms with Crippen molar-refractivity contribution in [3.05, 3.63) is 88.5 Å². The largest absolute Gasteiger partial charge is 0.305 e. The van der Waals surface area contributed by atoms with Gasteiger partial charge in [0.1, 0.15) is 6.07 Å². The Bertz CT molecular complexity index is 992. The summed E-state index contributed by atoms with van der Waals surface area (Å²) >= 11 is 0. The van der Waals surface area contributed by atoms with Crippen LogP contribution in [0.2, 0.25) is 0 Å². The fourth-order valence-electron chi connectivity index (χ4n) is 2.20. The van der Waals surface area contributed by atoms with Crippen molar-refractivity contribution in [2.45, 2.75) is 0 Å². The molecule has 0 spiro atoms. The Balaban J connectivity index is 1.98. The van der Waals surface area contributed by atoms with Gasteiger partial charge in [-0.1, -0.05) is 54.6 Å². The SMILES string of the molecule is N#C/C(=C/C=C\c1ccccc1)c1nc2ccccc2c(=O)[nH]1. The highest BCUT2D eigenvalue weighted by atomic mass is 16.1. The predicted molar refractivity (Wildman–Crippen MR) is 91.4 cm³/mol. The van der Waals surface area contributed by atoms with Crippen LogP contribution in [0.5, 0.6) is 0 Å². The second-order valence-corrected chi connectivity index (χ2v) is 4.89. The lowest BCUT2D eigenvalue weighted by Gasteiger charge is -2.00. The number of aromatic nitrogens is 2. The van der Waals surface area contributed by atoms with E-state index in [4.69, 9.17) is 0 Å². The number of para-hydroxylation sites is 1. The van der Waals surface area contributed by atoms with E-state index in [1.54, 1.807) is 30.4 Å². The molecule has 3 aromatic rings. The van der Waals surface area contributed by atoms with Crippen LogP contribution < -0.4 is 5.56 Å². The molecule has 0 aliphatic heterocycles. The van der Waals surface area contributed by atoms with Crippen molar-refractivity contribution in [3.8, 4) is 6.07 Å². The first-order valence-corrected chi connectivity index (χ1v) is 7.11. The van der Waals surface area contributed by atoms with E-state index in [1.807, 2.05) is 42.5 Å². The number of nitrogens with one attached hydrogen (secondary N) is 1. The summed E-state index contributed by atoms with van der Waals surface area (Å²) in [6.07, 6.45) is 5.29. The molecule has 2 aromatic carbocycles. The third-order valence-corrected chi connectivity index (χ3v) is 3.34. The van der Waals surface area contributed by atoms with Crippen LogP contribution in [0.4, 0.5) is 0 Å². The Labute approximate surface area is 133 Å². The Hall–Kier alpha value is -3.45. The van der Waals surface area contributed by atoms with Gasteiger partial charge in [-0.3, -0.25) is 4.79 Å². The highest BCUT2D eigenvalue weighted by molar-refractivity contribution is 5.81. The van der Waals surface area contributed by atoms with Crippen molar-refractivity contribution in [2.75, 3.05) is 0 Å². The van der Waals surface area contributed by atoms with Crippen LogP contribution in [0.15, 0.2) is 71.5 Å². The summed E-state index contributed by atoms with van der Waals surface area (Å²) in [4.78, 5) is 19.1. The molecule has 0 saturated carbocycles. The molecule has 23 heavy (non-hydrogen) atoms. The molecule has 0 amide bonds. The van der Waals surface area contributed by atoms with Gasteiger partial charge in [-0.25, -0.2) is 4.98 Å². The third-order valence-electron chi connectivity index (χ3n) is 3.34. The average Bonchev–Trinajstić information content (AvgIpc) is 2.59. The number of rotatable bonds is 3. The molecular weight excluding hydrogens is 286 g/mol. The minimum absolute atomic E-state index is 0.251. The van der Waals surface area contributed by atoms with E-state index < -0.39 is 0 Å². The lowest BCUT2D eigenvalue weighted by Crippen LogP contribution is -2.11. The van der Waals surface area contributed by atoms with Gasteiger partial charge in [0.2, 0.25) is 0 Å². The normalized spacial score (nSPS) is 11.7. The molecule has 1 aromatic heterocycles. The number of allylic oxidation sites excluding steroid dienone is 3. The molecule has 0 unspecified atom stereocenters. The topological polar surface area (TPSA) is 69.5 Å². The van der Waals surface area contributed by atoms with Gasteiger partial charge in [-0.15, -0.1) is 0 Å². The van der Waals surface area contributed by atoms with Crippen molar-refractivity contribution in [1.29, 1.82) is 5.26 Å². The summed E-state index contributed by atoms with van der Waals surface area (Å²) in [7, 11) is 0. The lowest BCUT2D eigenvalue weighted by molar-refractivity contribution is 1.13. The van der Waals surface area contributed by atoms with E-state index in [1.165, 1.54) is 0 Å². The van der Waals surface area contributed by atoms with Crippen molar-refractivity contribution in [1.82, 2.24) is 9.97 Å². The van der Waals surface area contributed by atoms with Gasteiger partial charge in [0.15, 0.2) is 5.82 Å². The monoisotopic (exact) mass is 299 g/mol. The van der Waals surface area contributed by atoms with Crippen molar-refractivity contribution < 1.29 is 0 Å². The first kappa shape index (κ1) is 14.5. The van der Waals surface area contributed by atoms with E-state index in [2.05, 4.69) is 16.0 Å². The zero-order valence-electron chi connectivity index (χ0n) is 12.2. The van der Waals surface area contributed by atoms with E-state index in [-0.39, 0.29) is 11.4 Å². The first-order valence-electron chi connectivity index (χ1n) is 7.11. The van der Waals surface area contributed by atoms with Crippen molar-refractivity contribution in [3.63, 3.8) is 0 Å². The number of hydrogen-bond donors (Lipinski definition) is 1. The van der Waals surface area contributed by atoms with Crippen molar-refractivity contribution in [2.24, 2.45) is 0 Å². The summed E-state index contributed by atoms with van der Waals surface area (Å²) in [6.45, 7) is 0. The van der Waals surface area contributed by atoms with Gasteiger partial charge in [0.25, 0.3) is 5.56 Å². The smallest absolute Gasteiger partial charge is 0.259 e. The standard InChI is InChI=1S/C19H13N3O/c20-13-15(10-6-9-14-7-2-1-3-8-14)18-21-17-12-5-4-11-16(17)19(23)22-18/h1-12H,(H,21,22,23)/b9-6-,15-10-. The molecular formula is C19H13N3O. The second-order valence-electron chi connectivity index (χ2n) is 4.89. The Morgan fingerprint density at radius 1 is 1.09 bits per heavy atom. The molecule has 4 heteroatoms. The molecule has 0 saturated heterocycles. The fraction of sp³-hybridized carbons (Fsp3) is 0. The molecule has 0 aliphatic carbocycles. The lowest BCUT2D eigenvalue weighted by atomic mass is 10.2. The number of benzene rings is 2. The van der Waals surface area contributed by atoms with E-state index >= 15 is 0 Å². The summed E-state index contributed by atoms with van der Waals surface area (Å²) in [5.74, 6) is 0.272. The van der Waals surface area contributed by atoms with Crippen LogP contribution in [0, 0.1) is 11.3 Å². The maximum absolute atomic E-state index is 12.1. The van der Waals surface area contributed by atoms with Crippen LogP contribution in [-0.2, 0) is 0 Å². The molecule has 1 heterocycles. The van der Waals surface area contributed by atoms with E-state index in [9.17, 15) is 10.1 Å². The Morgan fingerprint density at radius 2 is 1.83 bits per heavy atom. The molecule has 1 N–H and O–H groups in total. The van der Waals surface area contributed by atoms with Gasteiger partial charge in [-0.05, 0) is 23.8 Å². The third kappa shape index (κ3) is 3.25. The minimum atomic E-state index is -0.251. The molecule has 0 fully saturated rings. The zero-order chi connectivity index (χ0) is 16.1. The number of hydrogen-bond acceptors (Lipinski definition) is 3. The summed E-state index contributed by atoms with van der Waals surface area (Å²) in [6, 6.07) is 18.9. The second kappa shape index (κ2) is 6.54. The Kier molecular flexibility index (Phi) is 4.12. The zero-order valence-corrected chi connectivity index (χ0v) is 12.2. The molecule has 0 atom stereocenters. The fourth-order valence-corrected chi connectivity index (χ4v) is 2.20. The van der Waals surface area contributed by atoms with Gasteiger partial charge in [0, 0.05) is 0 Å². The molecule has 4 nitrogen and oxygen atoms in total. The molecule has 110 valence electrons. The number of nitriles is 1. The van der Waals surface area contributed by atoms with Crippen LogP contribution in [0.3, 0.4) is 0 Å². The maximum atomic E-state index is 12.1. The minimum Gasteiger partial charge on any atom is -0.305 e. The van der Waals surface area contributed by atoms with Crippen LogP contribution in [0.25, 0.3) is 22.6 Å². The number of aromatic amines is 1. The predicted octanol–water partition coefficient (Wildman–Crippen LogP) is 3.54. The number of H-pyrrole nitrogens is 1. The van der Waals surface area contributed by atoms with E-state index in [0.717, 1.165) is 5.56 Å². The number of fused-ring (bicyclic) bond motifs is 1. The summed E-state index contributed by atoms with van der Waals surface area (Å²) in [5, 5.41) is 9.83. The molecule has 3 rings (SSSR count). The van der Waals surface area contributed by atoms with Crippen LogP contribution in [0.1, 0.15) is 11.4 Å². The van der Waals surface area contributed by atoms with Gasteiger partial charge in [0.05, 0.1) is 16.5 Å². The average molecular weight is 299 g/mol. The highest BCUT2D eigenvalue weighted by Gasteiger charge is 2.06. The van der Waals surface area contributed by atoms with Gasteiger partial charge >= 0.3 is 0 Å². The Morgan fingerprint density at radius 3 is 2.61 bits per heavy atom. The summed E-state index contributed by atoms with van der Waals surface area (Å²) < 4.78 is 0. The van der Waals surface area contributed by atoms with Gasteiger partial charge < -0.3 is 4.98 Å². The summed E-state index contributed by atoms with van der Waals surface area (Å²) in [5.41, 5.74) is 1.65. The maximum Gasteiger partial charge on any atom is 0.259 e.